The zero-order chi connectivity index (χ0) is 13.2. The monoisotopic (exact) mass is 261 g/mol. The fourth-order valence-corrected chi connectivity index (χ4v) is 1.81. The minimum Gasteiger partial charge on any atom is -0.591 e. The number of fused-ring (bicyclic) bond motifs is 1. The molecule has 0 saturated heterocycles. The van der Waals surface area contributed by atoms with Crippen LogP contribution < -0.4 is 0 Å². The number of benzene rings is 1. The van der Waals surface area contributed by atoms with Crippen LogP contribution in [-0.2, 0) is 11.4 Å². The molecule has 0 aliphatic heterocycles. The molecule has 5 heteroatoms. The van der Waals surface area contributed by atoms with Crippen LogP contribution in [0, 0.1) is 0 Å². The Morgan fingerprint density at radius 1 is 1.22 bits per heavy atom. The summed E-state index contributed by atoms with van der Waals surface area (Å²) in [6.07, 6.45) is 3.15. The van der Waals surface area contributed by atoms with E-state index in [1.165, 1.54) is 6.21 Å². The predicted molar refractivity (Wildman–Crippen MR) is 75.0 cm³/mol. The maximum atomic E-state index is 11.8. The first-order valence-electron chi connectivity index (χ1n) is 5.65. The molecule has 2 rings (SSSR count). The number of nitrogens with zero attached hydrogens (tertiary/aromatic N) is 3. The van der Waals surface area contributed by atoms with Gasteiger partial charge in [-0.05, 0) is 32.9 Å². The molecule has 1 aromatic carbocycles. The van der Waals surface area contributed by atoms with Crippen LogP contribution in [0.4, 0.5) is 0 Å². The first kappa shape index (κ1) is 13.0. The van der Waals surface area contributed by atoms with E-state index in [1.54, 1.807) is 6.20 Å². The summed E-state index contributed by atoms with van der Waals surface area (Å²) in [7, 11) is 0. The average Bonchev–Trinajstić information content (AvgIpc) is 2.34. The molecule has 0 aliphatic rings. The third-order valence-electron chi connectivity index (χ3n) is 2.27. The summed E-state index contributed by atoms with van der Waals surface area (Å²) in [6.45, 7) is 5.64. The van der Waals surface area contributed by atoms with Crippen LogP contribution in [0.1, 0.15) is 26.5 Å². The smallest absolute Gasteiger partial charge is 0.144 e. The number of hydrogen-bond donors (Lipinski definition) is 0. The van der Waals surface area contributed by atoms with Gasteiger partial charge in [-0.3, -0.25) is 4.98 Å². The summed E-state index contributed by atoms with van der Waals surface area (Å²) < 4.78 is 15.4. The van der Waals surface area contributed by atoms with Gasteiger partial charge in [0.2, 0.25) is 0 Å². The first-order chi connectivity index (χ1) is 8.47. The van der Waals surface area contributed by atoms with Gasteiger partial charge < -0.3 is 4.55 Å². The van der Waals surface area contributed by atoms with Gasteiger partial charge in [0.05, 0.1) is 17.2 Å². The lowest BCUT2D eigenvalue weighted by molar-refractivity contribution is 0.562. The molecule has 1 heterocycles. The van der Waals surface area contributed by atoms with Crippen molar-refractivity contribution in [2.45, 2.75) is 25.5 Å². The molecule has 2 aromatic rings. The van der Waals surface area contributed by atoms with E-state index in [1.807, 2.05) is 45.0 Å². The van der Waals surface area contributed by atoms with Gasteiger partial charge in [0.1, 0.15) is 28.0 Å². The summed E-state index contributed by atoms with van der Waals surface area (Å²) in [4.78, 5) is 8.65. The van der Waals surface area contributed by atoms with Crippen molar-refractivity contribution < 1.29 is 4.55 Å². The standard InChI is InChI=1S/C13H15N3OS/c1-13(2,3)18(17)15-9-10-8-14-11-6-4-5-7-12(11)16-10/h4-9H,1-3H3/b15-9+. The van der Waals surface area contributed by atoms with E-state index in [9.17, 15) is 4.55 Å². The largest absolute Gasteiger partial charge is 0.591 e. The van der Waals surface area contributed by atoms with Gasteiger partial charge in [0.25, 0.3) is 0 Å². The van der Waals surface area contributed by atoms with Crippen LogP contribution in [0.25, 0.3) is 11.0 Å². The molecule has 0 bridgehead atoms. The van der Waals surface area contributed by atoms with Crippen molar-refractivity contribution in [1.82, 2.24) is 9.97 Å². The highest BCUT2D eigenvalue weighted by Gasteiger charge is 2.25. The van der Waals surface area contributed by atoms with E-state index in [2.05, 4.69) is 14.4 Å². The third-order valence-corrected chi connectivity index (χ3v) is 3.62. The Balaban J connectivity index is 2.25. The quantitative estimate of drug-likeness (QED) is 0.616. The molecule has 0 fully saturated rings. The maximum Gasteiger partial charge on any atom is 0.144 e. The van der Waals surface area contributed by atoms with Crippen molar-refractivity contribution >= 4 is 28.6 Å². The normalized spacial score (nSPS) is 14.2. The zero-order valence-electron chi connectivity index (χ0n) is 10.6. The highest BCUT2D eigenvalue weighted by atomic mass is 32.2. The molecule has 0 N–H and O–H groups in total. The second-order valence-electron chi connectivity index (χ2n) is 4.88. The van der Waals surface area contributed by atoms with Crippen molar-refractivity contribution in [2.75, 3.05) is 0 Å². The van der Waals surface area contributed by atoms with E-state index in [0.29, 0.717) is 5.69 Å². The highest BCUT2D eigenvalue weighted by molar-refractivity contribution is 7.91. The lowest BCUT2D eigenvalue weighted by Gasteiger charge is -2.17. The second kappa shape index (κ2) is 5.04. The number of para-hydroxylation sites is 2. The van der Waals surface area contributed by atoms with Gasteiger partial charge in [-0.15, -0.1) is 0 Å². The second-order valence-corrected chi connectivity index (χ2v) is 6.81. The molecule has 18 heavy (non-hydrogen) atoms. The Labute approximate surface area is 110 Å². The molecule has 0 spiro atoms. The summed E-state index contributed by atoms with van der Waals surface area (Å²) in [5.41, 5.74) is 2.26. The van der Waals surface area contributed by atoms with Gasteiger partial charge in [-0.2, -0.15) is 0 Å². The SMILES string of the molecule is CC(C)(C)[S+]([O-])/N=C/c1cnc2ccccc2n1. The maximum absolute atomic E-state index is 11.8. The molecule has 1 unspecified atom stereocenters. The lowest BCUT2D eigenvalue weighted by Crippen LogP contribution is -2.25. The van der Waals surface area contributed by atoms with Crippen molar-refractivity contribution in [3.63, 3.8) is 0 Å². The molecule has 1 aromatic heterocycles. The molecule has 0 radical (unpaired) electrons. The molecule has 4 nitrogen and oxygen atoms in total. The fourth-order valence-electron chi connectivity index (χ4n) is 1.29. The van der Waals surface area contributed by atoms with E-state index in [4.69, 9.17) is 0 Å². The molecule has 1 atom stereocenters. The Morgan fingerprint density at radius 2 is 1.89 bits per heavy atom. The van der Waals surface area contributed by atoms with Gasteiger partial charge in [-0.25, -0.2) is 4.98 Å². The van der Waals surface area contributed by atoms with Crippen molar-refractivity contribution in [2.24, 2.45) is 4.40 Å². The number of hydrogen-bond acceptors (Lipinski definition) is 4. The molecular weight excluding hydrogens is 246 g/mol. The van der Waals surface area contributed by atoms with E-state index < -0.39 is 11.4 Å². The van der Waals surface area contributed by atoms with Crippen LogP contribution in [0.2, 0.25) is 0 Å². The van der Waals surface area contributed by atoms with E-state index in [0.717, 1.165) is 11.0 Å². The van der Waals surface area contributed by atoms with Crippen LogP contribution >= 0.6 is 0 Å². The molecule has 0 saturated carbocycles. The van der Waals surface area contributed by atoms with Crippen LogP contribution in [0.3, 0.4) is 0 Å². The van der Waals surface area contributed by atoms with Crippen molar-refractivity contribution in [3.05, 3.63) is 36.2 Å². The summed E-state index contributed by atoms with van der Waals surface area (Å²) >= 11 is -1.27. The average molecular weight is 261 g/mol. The van der Waals surface area contributed by atoms with E-state index >= 15 is 0 Å². The summed E-state index contributed by atoms with van der Waals surface area (Å²) in [6, 6.07) is 7.61. The van der Waals surface area contributed by atoms with Gasteiger partial charge in [0.15, 0.2) is 0 Å². The first-order valence-corrected chi connectivity index (χ1v) is 6.75. The zero-order valence-corrected chi connectivity index (χ0v) is 11.4. The van der Waals surface area contributed by atoms with Crippen LogP contribution in [0.15, 0.2) is 34.9 Å². The fraction of sp³-hybridized carbons (Fsp3) is 0.308. The van der Waals surface area contributed by atoms with Crippen molar-refractivity contribution in [1.29, 1.82) is 0 Å². The van der Waals surface area contributed by atoms with Gasteiger partial charge in [0, 0.05) is 0 Å². The topological polar surface area (TPSA) is 61.2 Å². The molecule has 94 valence electrons. The molecular formula is C13H15N3OS. The minimum atomic E-state index is -1.27. The lowest BCUT2D eigenvalue weighted by atomic mass is 10.3. The summed E-state index contributed by atoms with van der Waals surface area (Å²) in [5, 5.41) is 0. The van der Waals surface area contributed by atoms with Crippen LogP contribution in [-0.4, -0.2) is 25.5 Å². The van der Waals surface area contributed by atoms with Gasteiger partial charge >= 0.3 is 0 Å². The summed E-state index contributed by atoms with van der Waals surface area (Å²) in [5.74, 6) is 0. The number of rotatable bonds is 2. The predicted octanol–water partition coefficient (Wildman–Crippen LogP) is 2.51. The Bertz CT molecular complexity index is 578. The minimum absolute atomic E-state index is 0.360. The van der Waals surface area contributed by atoms with Crippen LogP contribution in [0.5, 0.6) is 0 Å². The Kier molecular flexibility index (Phi) is 3.63. The van der Waals surface area contributed by atoms with E-state index in [-0.39, 0.29) is 4.75 Å². The molecule has 0 amide bonds. The van der Waals surface area contributed by atoms with Crippen molar-refractivity contribution in [3.8, 4) is 0 Å². The van der Waals surface area contributed by atoms with Gasteiger partial charge in [-0.1, -0.05) is 16.5 Å². The Hall–Kier alpha value is -1.46. The third kappa shape index (κ3) is 3.05. The Morgan fingerprint density at radius 3 is 2.56 bits per heavy atom. The molecule has 0 aliphatic carbocycles. The number of aromatic nitrogens is 2. The highest BCUT2D eigenvalue weighted by Crippen LogP contribution is 2.16.